The second kappa shape index (κ2) is 12.2. The van der Waals surface area contributed by atoms with Gasteiger partial charge in [-0.2, -0.15) is 5.26 Å². The molecule has 0 radical (unpaired) electrons. The van der Waals surface area contributed by atoms with Crippen LogP contribution < -0.4 is 20.1 Å². The fraction of sp³-hybridized carbons (Fsp3) is 0.115. The first-order valence-corrected chi connectivity index (χ1v) is 10.9. The fourth-order valence-electron chi connectivity index (χ4n) is 2.94. The highest BCUT2D eigenvalue weighted by atomic mass is 35.5. The molecule has 0 fully saturated rings. The number of carbonyl (C=O) groups is 2. The molecule has 2 amide bonds. The first-order valence-electron chi connectivity index (χ1n) is 10.5. The molecule has 2 N–H and O–H groups in total. The van der Waals surface area contributed by atoms with Gasteiger partial charge in [0.25, 0.3) is 11.8 Å². The van der Waals surface area contributed by atoms with Crippen molar-refractivity contribution in [2.75, 3.05) is 23.8 Å². The predicted octanol–water partition coefficient (Wildman–Crippen LogP) is 5.44. The average Bonchev–Trinajstić information content (AvgIpc) is 2.85. The second-order valence-corrected chi connectivity index (χ2v) is 7.52. The summed E-state index contributed by atoms with van der Waals surface area (Å²) in [5.41, 5.74) is 0.931. The Morgan fingerprint density at radius 2 is 1.77 bits per heavy atom. The zero-order valence-electron chi connectivity index (χ0n) is 18.7. The molecule has 3 rings (SSSR count). The molecule has 7 nitrogen and oxygen atoms in total. The summed E-state index contributed by atoms with van der Waals surface area (Å²) >= 11 is 5.85. The molecule has 3 aromatic rings. The van der Waals surface area contributed by atoms with Gasteiger partial charge in [0.15, 0.2) is 18.1 Å². The van der Waals surface area contributed by atoms with Crippen molar-refractivity contribution in [1.82, 2.24) is 0 Å². The number of anilines is 2. The summed E-state index contributed by atoms with van der Waals surface area (Å²) in [6.45, 7) is 1.71. The summed E-state index contributed by atoms with van der Waals surface area (Å²) < 4.78 is 24.9. The Morgan fingerprint density at radius 1 is 1.03 bits per heavy atom. The normalized spacial score (nSPS) is 10.7. The predicted molar refractivity (Wildman–Crippen MR) is 132 cm³/mol. The molecule has 178 valence electrons. The fourth-order valence-corrected chi connectivity index (χ4v) is 3.07. The van der Waals surface area contributed by atoms with Crippen molar-refractivity contribution in [1.29, 1.82) is 5.26 Å². The first kappa shape index (κ1) is 25.3. The van der Waals surface area contributed by atoms with Crippen LogP contribution in [0.4, 0.5) is 15.8 Å². The lowest BCUT2D eigenvalue weighted by atomic mass is 10.1. The number of ether oxygens (including phenoxy) is 2. The number of rotatable bonds is 9. The summed E-state index contributed by atoms with van der Waals surface area (Å²) in [4.78, 5) is 24.7. The largest absolute Gasteiger partial charge is 0.490 e. The lowest BCUT2D eigenvalue weighted by molar-refractivity contribution is -0.118. The molecule has 9 heteroatoms. The van der Waals surface area contributed by atoms with Crippen molar-refractivity contribution >= 4 is 40.9 Å². The number of halogens is 2. The van der Waals surface area contributed by atoms with Crippen LogP contribution in [0.5, 0.6) is 11.5 Å². The SMILES string of the molecule is CCOc1cc(C=C(C#N)C(=O)Nc2ccc(Cl)cc2)ccc1OCC(=O)Nc1ccccc1F. The van der Waals surface area contributed by atoms with Gasteiger partial charge in [0.2, 0.25) is 0 Å². The van der Waals surface area contributed by atoms with E-state index in [0.717, 1.165) is 0 Å². The molecule has 0 bridgehead atoms. The summed E-state index contributed by atoms with van der Waals surface area (Å²) in [5.74, 6) is -1.10. The van der Waals surface area contributed by atoms with Gasteiger partial charge in [0, 0.05) is 10.7 Å². The number of nitrogens with zero attached hydrogens (tertiary/aromatic N) is 1. The number of nitrogens with one attached hydrogen (secondary N) is 2. The Morgan fingerprint density at radius 3 is 2.46 bits per heavy atom. The van der Waals surface area contributed by atoms with Crippen molar-refractivity contribution in [3.8, 4) is 17.6 Å². The Kier molecular flexibility index (Phi) is 8.82. The van der Waals surface area contributed by atoms with Crippen molar-refractivity contribution in [2.45, 2.75) is 6.92 Å². The highest BCUT2D eigenvalue weighted by Crippen LogP contribution is 2.29. The number of para-hydroxylation sites is 1. The van der Waals surface area contributed by atoms with Gasteiger partial charge in [0.05, 0.1) is 12.3 Å². The molecule has 0 heterocycles. The van der Waals surface area contributed by atoms with E-state index < -0.39 is 17.6 Å². The number of hydrogen-bond acceptors (Lipinski definition) is 5. The summed E-state index contributed by atoms with van der Waals surface area (Å²) in [5, 5.41) is 15.1. The Bertz CT molecular complexity index is 1290. The summed E-state index contributed by atoms with van der Waals surface area (Å²) in [6.07, 6.45) is 1.41. The van der Waals surface area contributed by atoms with Crippen LogP contribution in [0.3, 0.4) is 0 Å². The maximum absolute atomic E-state index is 13.7. The average molecular weight is 494 g/mol. The van der Waals surface area contributed by atoms with Gasteiger partial charge in [-0.3, -0.25) is 9.59 Å². The number of benzene rings is 3. The number of amides is 2. The number of nitriles is 1. The minimum absolute atomic E-state index is 0.0486. The van der Waals surface area contributed by atoms with Crippen molar-refractivity contribution in [3.05, 3.63) is 88.7 Å². The van der Waals surface area contributed by atoms with E-state index >= 15 is 0 Å². The molecule has 0 saturated heterocycles. The minimum atomic E-state index is -0.585. The molecule has 0 atom stereocenters. The molecule has 0 spiro atoms. The third-order valence-electron chi connectivity index (χ3n) is 4.55. The van der Waals surface area contributed by atoms with E-state index in [1.165, 1.54) is 24.3 Å². The molecule has 0 saturated carbocycles. The van der Waals surface area contributed by atoms with Crippen LogP contribution in [0.25, 0.3) is 6.08 Å². The summed E-state index contributed by atoms with van der Waals surface area (Å²) in [7, 11) is 0. The molecule has 0 aliphatic heterocycles. The Labute approximate surface area is 206 Å². The molecule has 0 aliphatic rings. The van der Waals surface area contributed by atoms with Crippen LogP contribution in [0.15, 0.2) is 72.3 Å². The topological polar surface area (TPSA) is 100 Å². The van der Waals surface area contributed by atoms with E-state index in [1.807, 2.05) is 6.07 Å². The van der Waals surface area contributed by atoms with E-state index in [2.05, 4.69) is 10.6 Å². The van der Waals surface area contributed by atoms with Gasteiger partial charge in [-0.25, -0.2) is 4.39 Å². The number of hydrogen-bond donors (Lipinski definition) is 2. The van der Waals surface area contributed by atoms with E-state index in [1.54, 1.807) is 55.5 Å². The lowest BCUT2D eigenvalue weighted by Gasteiger charge is -2.13. The second-order valence-electron chi connectivity index (χ2n) is 7.09. The summed E-state index contributed by atoms with van der Waals surface area (Å²) in [6, 6.07) is 18.9. The van der Waals surface area contributed by atoms with E-state index in [-0.39, 0.29) is 23.6 Å². The zero-order chi connectivity index (χ0) is 25.2. The highest BCUT2D eigenvalue weighted by Gasteiger charge is 2.13. The molecule has 0 aliphatic carbocycles. The van der Waals surface area contributed by atoms with E-state index in [0.29, 0.717) is 28.6 Å². The Balaban J connectivity index is 1.71. The third-order valence-corrected chi connectivity index (χ3v) is 4.80. The highest BCUT2D eigenvalue weighted by molar-refractivity contribution is 6.30. The maximum atomic E-state index is 13.7. The zero-order valence-corrected chi connectivity index (χ0v) is 19.4. The maximum Gasteiger partial charge on any atom is 0.266 e. The van der Waals surface area contributed by atoms with Crippen LogP contribution in [0.2, 0.25) is 5.02 Å². The van der Waals surface area contributed by atoms with E-state index in [9.17, 15) is 19.2 Å². The Hall–Kier alpha value is -4.35. The monoisotopic (exact) mass is 493 g/mol. The van der Waals surface area contributed by atoms with Crippen LogP contribution in [0, 0.1) is 17.1 Å². The van der Waals surface area contributed by atoms with Crippen molar-refractivity contribution < 1.29 is 23.5 Å². The molecular weight excluding hydrogens is 473 g/mol. The van der Waals surface area contributed by atoms with Crippen LogP contribution in [0.1, 0.15) is 12.5 Å². The molecule has 3 aromatic carbocycles. The van der Waals surface area contributed by atoms with Crippen LogP contribution in [-0.4, -0.2) is 25.0 Å². The lowest BCUT2D eigenvalue weighted by Crippen LogP contribution is -2.21. The molecule has 0 aromatic heterocycles. The third kappa shape index (κ3) is 7.32. The van der Waals surface area contributed by atoms with Crippen LogP contribution >= 0.6 is 11.6 Å². The van der Waals surface area contributed by atoms with E-state index in [4.69, 9.17) is 21.1 Å². The quantitative estimate of drug-likeness (QED) is 0.305. The molecule has 0 unspecified atom stereocenters. The van der Waals surface area contributed by atoms with Gasteiger partial charge in [-0.1, -0.05) is 29.8 Å². The first-order chi connectivity index (χ1) is 16.9. The van der Waals surface area contributed by atoms with Gasteiger partial charge in [0.1, 0.15) is 17.5 Å². The molecular formula is C26H21ClFN3O4. The van der Waals surface area contributed by atoms with Crippen molar-refractivity contribution in [2.24, 2.45) is 0 Å². The van der Waals surface area contributed by atoms with Crippen LogP contribution in [-0.2, 0) is 9.59 Å². The van der Waals surface area contributed by atoms with Gasteiger partial charge >= 0.3 is 0 Å². The number of carbonyl (C=O) groups excluding carboxylic acids is 2. The van der Waals surface area contributed by atoms with Crippen molar-refractivity contribution in [3.63, 3.8) is 0 Å². The minimum Gasteiger partial charge on any atom is -0.490 e. The smallest absolute Gasteiger partial charge is 0.266 e. The van der Waals surface area contributed by atoms with Gasteiger partial charge in [-0.05, 0) is 67.1 Å². The molecule has 35 heavy (non-hydrogen) atoms. The van der Waals surface area contributed by atoms with Gasteiger partial charge in [-0.15, -0.1) is 0 Å². The van der Waals surface area contributed by atoms with Gasteiger partial charge < -0.3 is 20.1 Å². The standard InChI is InChI=1S/C26H21ClFN3O4/c1-2-34-24-14-17(13-18(15-29)26(33)30-20-10-8-19(27)9-11-20)7-12-23(24)35-16-25(32)31-22-6-4-3-5-21(22)28/h3-14H,2,16H2,1H3,(H,30,33)(H,31,32).